The molecule has 2 heteroatoms. The van der Waals surface area contributed by atoms with Crippen LogP contribution in [0.5, 0.6) is 0 Å². The largest absolute Gasteiger partial charge is 0.396 e. The molecule has 2 N–H and O–H groups in total. The molecule has 0 fully saturated rings. The lowest BCUT2D eigenvalue weighted by Gasteiger charge is -2.04. The Morgan fingerprint density at radius 2 is 1.19 bits per heavy atom. The fraction of sp³-hybridized carbons (Fsp3) is 1.00. The minimum Gasteiger partial charge on any atom is -0.396 e. The number of rotatable bonds is 13. The Kier molecular flexibility index (Phi) is 14.8. The van der Waals surface area contributed by atoms with E-state index in [1.165, 1.54) is 70.9 Å². The molecule has 0 unspecified atom stereocenters. The van der Waals surface area contributed by atoms with Crippen LogP contribution in [-0.4, -0.2) is 24.8 Å². The van der Waals surface area contributed by atoms with Crippen LogP contribution in [0.15, 0.2) is 0 Å². The molecule has 0 amide bonds. The van der Waals surface area contributed by atoms with Crippen LogP contribution in [-0.2, 0) is 0 Å². The first-order valence-corrected chi connectivity index (χ1v) is 7.23. The summed E-state index contributed by atoms with van der Waals surface area (Å²) in [7, 11) is 0. The van der Waals surface area contributed by atoms with Gasteiger partial charge in [-0.25, -0.2) is 0 Å². The lowest BCUT2D eigenvalue weighted by molar-refractivity contribution is 0.282. The molecule has 0 saturated heterocycles. The third kappa shape index (κ3) is 13.9. The summed E-state index contributed by atoms with van der Waals surface area (Å²) in [5.74, 6) is 0. The van der Waals surface area contributed by atoms with E-state index in [1.54, 1.807) is 0 Å². The van der Waals surface area contributed by atoms with Crippen LogP contribution < -0.4 is 5.32 Å². The molecule has 0 spiro atoms. The standard InChI is InChI=1S/C14H31NO/c1-2-3-9-12-15-13-10-7-5-4-6-8-11-14-16/h15-16H,2-14H2,1H3. The Morgan fingerprint density at radius 3 is 1.75 bits per heavy atom. The van der Waals surface area contributed by atoms with Crippen LogP contribution in [0, 0.1) is 0 Å². The van der Waals surface area contributed by atoms with Gasteiger partial charge in [0.15, 0.2) is 0 Å². The summed E-state index contributed by atoms with van der Waals surface area (Å²) in [4.78, 5) is 0. The first-order chi connectivity index (χ1) is 7.91. The van der Waals surface area contributed by atoms with Gasteiger partial charge >= 0.3 is 0 Å². The smallest absolute Gasteiger partial charge is 0.0431 e. The number of aliphatic hydroxyl groups excluding tert-OH is 1. The second-order valence-electron chi connectivity index (χ2n) is 4.66. The molecular formula is C14H31NO. The van der Waals surface area contributed by atoms with Gasteiger partial charge in [0.05, 0.1) is 0 Å². The van der Waals surface area contributed by atoms with E-state index in [9.17, 15) is 0 Å². The molecule has 0 rings (SSSR count). The molecule has 0 aromatic rings. The van der Waals surface area contributed by atoms with E-state index in [0.29, 0.717) is 6.61 Å². The summed E-state index contributed by atoms with van der Waals surface area (Å²) in [6.07, 6.45) is 12.9. The van der Waals surface area contributed by atoms with Crippen LogP contribution in [0.25, 0.3) is 0 Å². The minimum absolute atomic E-state index is 0.363. The summed E-state index contributed by atoms with van der Waals surface area (Å²) in [6, 6.07) is 0. The van der Waals surface area contributed by atoms with Crippen LogP contribution >= 0.6 is 0 Å². The molecular weight excluding hydrogens is 198 g/mol. The zero-order valence-corrected chi connectivity index (χ0v) is 11.1. The van der Waals surface area contributed by atoms with Gasteiger partial charge in [-0.15, -0.1) is 0 Å². The number of hydrogen-bond acceptors (Lipinski definition) is 2. The van der Waals surface area contributed by atoms with Gasteiger partial charge in [-0.3, -0.25) is 0 Å². The second-order valence-corrected chi connectivity index (χ2v) is 4.66. The Balaban J connectivity index is 2.83. The molecule has 0 aromatic heterocycles. The minimum atomic E-state index is 0.363. The SMILES string of the molecule is CCCCCNCCCCCCCCCO. The van der Waals surface area contributed by atoms with Gasteiger partial charge in [0.2, 0.25) is 0 Å². The summed E-state index contributed by atoms with van der Waals surface area (Å²) in [6.45, 7) is 5.00. The molecule has 0 aliphatic rings. The van der Waals surface area contributed by atoms with Crippen molar-refractivity contribution in [3.8, 4) is 0 Å². The predicted molar refractivity (Wildman–Crippen MR) is 71.8 cm³/mol. The Labute approximate surface area is 102 Å². The molecule has 0 heterocycles. The summed E-state index contributed by atoms with van der Waals surface area (Å²) >= 11 is 0. The molecule has 0 aliphatic carbocycles. The number of hydrogen-bond donors (Lipinski definition) is 2. The van der Waals surface area contributed by atoms with Gasteiger partial charge in [0, 0.05) is 6.61 Å². The zero-order chi connectivity index (χ0) is 11.9. The average molecular weight is 229 g/mol. The van der Waals surface area contributed by atoms with E-state index < -0.39 is 0 Å². The quantitative estimate of drug-likeness (QED) is 0.474. The molecule has 0 aromatic carbocycles. The van der Waals surface area contributed by atoms with E-state index in [-0.39, 0.29) is 0 Å². The normalized spacial score (nSPS) is 10.9. The maximum absolute atomic E-state index is 8.62. The molecule has 0 atom stereocenters. The summed E-state index contributed by atoms with van der Waals surface area (Å²) in [5, 5.41) is 12.1. The van der Waals surface area contributed by atoms with Crippen LogP contribution in [0.2, 0.25) is 0 Å². The highest BCUT2D eigenvalue weighted by atomic mass is 16.2. The monoisotopic (exact) mass is 229 g/mol. The molecule has 98 valence electrons. The maximum Gasteiger partial charge on any atom is 0.0431 e. The molecule has 16 heavy (non-hydrogen) atoms. The number of aliphatic hydroxyl groups is 1. The summed E-state index contributed by atoms with van der Waals surface area (Å²) in [5.41, 5.74) is 0. The van der Waals surface area contributed by atoms with E-state index in [2.05, 4.69) is 12.2 Å². The molecule has 0 radical (unpaired) electrons. The van der Waals surface area contributed by atoms with Gasteiger partial charge in [0.25, 0.3) is 0 Å². The van der Waals surface area contributed by atoms with Crippen LogP contribution in [0.3, 0.4) is 0 Å². The third-order valence-corrected chi connectivity index (χ3v) is 2.97. The van der Waals surface area contributed by atoms with Crippen molar-refractivity contribution in [2.75, 3.05) is 19.7 Å². The van der Waals surface area contributed by atoms with Crippen LogP contribution in [0.1, 0.15) is 71.1 Å². The van der Waals surface area contributed by atoms with E-state index >= 15 is 0 Å². The number of nitrogens with one attached hydrogen (secondary N) is 1. The lowest BCUT2D eigenvalue weighted by Crippen LogP contribution is -2.16. The Bertz CT molecular complexity index is 103. The Morgan fingerprint density at radius 1 is 0.688 bits per heavy atom. The molecule has 2 nitrogen and oxygen atoms in total. The third-order valence-electron chi connectivity index (χ3n) is 2.97. The first kappa shape index (κ1) is 15.9. The fourth-order valence-corrected chi connectivity index (χ4v) is 1.87. The van der Waals surface area contributed by atoms with Gasteiger partial charge in [-0.2, -0.15) is 0 Å². The second kappa shape index (κ2) is 14.9. The highest BCUT2D eigenvalue weighted by Crippen LogP contribution is 2.06. The van der Waals surface area contributed by atoms with E-state index in [1.807, 2.05) is 0 Å². The van der Waals surface area contributed by atoms with Crippen molar-refractivity contribution < 1.29 is 5.11 Å². The van der Waals surface area contributed by atoms with Crippen molar-refractivity contribution in [2.24, 2.45) is 0 Å². The van der Waals surface area contributed by atoms with Gasteiger partial charge in [-0.05, 0) is 32.4 Å². The fourth-order valence-electron chi connectivity index (χ4n) is 1.87. The molecule has 0 bridgehead atoms. The highest BCUT2D eigenvalue weighted by molar-refractivity contribution is 4.50. The van der Waals surface area contributed by atoms with Gasteiger partial charge in [-0.1, -0.05) is 51.9 Å². The highest BCUT2D eigenvalue weighted by Gasteiger charge is 1.92. The van der Waals surface area contributed by atoms with Gasteiger partial charge < -0.3 is 10.4 Å². The van der Waals surface area contributed by atoms with Crippen molar-refractivity contribution in [3.63, 3.8) is 0 Å². The topological polar surface area (TPSA) is 32.3 Å². The molecule has 0 saturated carbocycles. The predicted octanol–water partition coefficient (Wildman–Crippen LogP) is 3.49. The maximum atomic E-state index is 8.62. The van der Waals surface area contributed by atoms with E-state index in [4.69, 9.17) is 5.11 Å². The van der Waals surface area contributed by atoms with Gasteiger partial charge in [0.1, 0.15) is 0 Å². The van der Waals surface area contributed by atoms with Crippen molar-refractivity contribution in [3.05, 3.63) is 0 Å². The lowest BCUT2D eigenvalue weighted by atomic mass is 10.1. The van der Waals surface area contributed by atoms with E-state index in [0.717, 1.165) is 6.42 Å². The molecule has 0 aliphatic heterocycles. The van der Waals surface area contributed by atoms with Crippen molar-refractivity contribution >= 4 is 0 Å². The zero-order valence-electron chi connectivity index (χ0n) is 11.1. The van der Waals surface area contributed by atoms with Crippen LogP contribution in [0.4, 0.5) is 0 Å². The Hall–Kier alpha value is -0.0800. The van der Waals surface area contributed by atoms with Crippen molar-refractivity contribution in [1.82, 2.24) is 5.32 Å². The average Bonchev–Trinajstić information content (AvgIpc) is 2.31. The summed E-state index contributed by atoms with van der Waals surface area (Å²) < 4.78 is 0. The number of unbranched alkanes of at least 4 members (excludes halogenated alkanes) is 8. The van der Waals surface area contributed by atoms with Crippen molar-refractivity contribution in [1.29, 1.82) is 0 Å². The first-order valence-electron chi connectivity index (χ1n) is 7.23. The van der Waals surface area contributed by atoms with Crippen molar-refractivity contribution in [2.45, 2.75) is 71.1 Å².